The van der Waals surface area contributed by atoms with Crippen molar-refractivity contribution >= 4 is 28.9 Å². The quantitative estimate of drug-likeness (QED) is 0.414. The Kier molecular flexibility index (Phi) is 7.71. The monoisotopic (exact) mass is 404 g/mol. The van der Waals surface area contributed by atoms with Gasteiger partial charge in [0.15, 0.2) is 11.7 Å². The maximum Gasteiger partial charge on any atom is 0.434 e. The molecule has 0 aliphatic carbocycles. The van der Waals surface area contributed by atoms with Crippen LogP contribution in [0.5, 0.6) is 0 Å². The molecule has 2 rings (SSSR count). The predicted molar refractivity (Wildman–Crippen MR) is 100.0 cm³/mol. The van der Waals surface area contributed by atoms with E-state index in [0.29, 0.717) is 23.9 Å². The first-order valence-corrected chi connectivity index (χ1v) is 9.35. The van der Waals surface area contributed by atoms with Gasteiger partial charge in [-0.1, -0.05) is 23.7 Å². The molecule has 0 saturated carbocycles. The van der Waals surface area contributed by atoms with Gasteiger partial charge >= 0.3 is 6.18 Å². The lowest BCUT2D eigenvalue weighted by atomic mass is 10.1. The van der Waals surface area contributed by atoms with Crippen LogP contribution in [0.3, 0.4) is 0 Å². The fourth-order valence-electron chi connectivity index (χ4n) is 2.21. The van der Waals surface area contributed by atoms with Crippen LogP contribution < -0.4 is 10.6 Å². The fraction of sp³-hybridized carbons (Fsp3) is 0.412. The molecule has 0 radical (unpaired) electrons. The molecule has 0 aliphatic rings. The average molecular weight is 405 g/mol. The van der Waals surface area contributed by atoms with Crippen LogP contribution in [-0.4, -0.2) is 31.1 Å². The molecule has 4 nitrogen and oxygen atoms in total. The molecule has 9 heteroatoms. The largest absolute Gasteiger partial charge is 0.434 e. The smallest absolute Gasteiger partial charge is 0.356 e. The van der Waals surface area contributed by atoms with E-state index in [-0.39, 0.29) is 0 Å². The molecule has 1 aromatic heterocycles. The number of benzene rings is 1. The summed E-state index contributed by atoms with van der Waals surface area (Å²) in [5.41, 5.74) is 0.380. The minimum Gasteiger partial charge on any atom is -0.356 e. The van der Waals surface area contributed by atoms with Gasteiger partial charge in [-0.25, -0.2) is 4.98 Å². The molecule has 2 N–H and O–H groups in total. The molecule has 1 aromatic carbocycles. The SMILES string of the molecule is CN=C(NCCCc1ccc(Cl)cc1)NCCc1nc(C(F)(F)F)cs1. The van der Waals surface area contributed by atoms with E-state index < -0.39 is 11.9 Å². The molecule has 0 atom stereocenters. The van der Waals surface area contributed by atoms with Gasteiger partial charge < -0.3 is 10.6 Å². The molecule has 0 aliphatic heterocycles. The van der Waals surface area contributed by atoms with E-state index in [1.165, 1.54) is 5.56 Å². The Morgan fingerprint density at radius 1 is 1.15 bits per heavy atom. The van der Waals surface area contributed by atoms with Crippen LogP contribution in [0.1, 0.15) is 22.7 Å². The average Bonchev–Trinajstić information content (AvgIpc) is 3.08. The van der Waals surface area contributed by atoms with Crippen molar-refractivity contribution in [2.45, 2.75) is 25.4 Å². The van der Waals surface area contributed by atoms with Crippen molar-refractivity contribution in [3.05, 3.63) is 50.9 Å². The van der Waals surface area contributed by atoms with Gasteiger partial charge in [-0.2, -0.15) is 13.2 Å². The minimum absolute atomic E-state index is 0.409. The number of halogens is 4. The van der Waals surface area contributed by atoms with Gasteiger partial charge in [-0.15, -0.1) is 11.3 Å². The van der Waals surface area contributed by atoms with Crippen LogP contribution in [0.2, 0.25) is 5.02 Å². The number of alkyl halides is 3. The summed E-state index contributed by atoms with van der Waals surface area (Å²) in [6.45, 7) is 1.19. The highest BCUT2D eigenvalue weighted by molar-refractivity contribution is 7.09. The maximum atomic E-state index is 12.5. The van der Waals surface area contributed by atoms with Crippen molar-refractivity contribution in [3.63, 3.8) is 0 Å². The molecule has 0 amide bonds. The van der Waals surface area contributed by atoms with Gasteiger partial charge in [0.05, 0.1) is 5.01 Å². The Bertz CT molecular complexity index is 714. The molecular weight excluding hydrogens is 385 g/mol. The normalized spacial score (nSPS) is 12.3. The number of aryl methyl sites for hydroxylation is 1. The van der Waals surface area contributed by atoms with E-state index in [0.717, 1.165) is 41.1 Å². The fourth-order valence-corrected chi connectivity index (χ4v) is 3.15. The lowest BCUT2D eigenvalue weighted by Gasteiger charge is -2.11. The van der Waals surface area contributed by atoms with Crippen molar-refractivity contribution in [2.24, 2.45) is 4.99 Å². The Morgan fingerprint density at radius 3 is 2.46 bits per heavy atom. The highest BCUT2D eigenvalue weighted by Gasteiger charge is 2.33. The number of thiazole rings is 1. The van der Waals surface area contributed by atoms with Gasteiger partial charge in [0.25, 0.3) is 0 Å². The first kappa shape index (κ1) is 20.5. The number of rotatable bonds is 7. The second kappa shape index (κ2) is 9.78. The van der Waals surface area contributed by atoms with Gasteiger partial charge in [-0.05, 0) is 30.5 Å². The van der Waals surface area contributed by atoms with Crippen LogP contribution >= 0.6 is 22.9 Å². The van der Waals surface area contributed by atoms with E-state index in [9.17, 15) is 13.2 Å². The van der Waals surface area contributed by atoms with Gasteiger partial charge in [-0.3, -0.25) is 4.99 Å². The minimum atomic E-state index is -4.39. The molecule has 26 heavy (non-hydrogen) atoms. The Labute approximate surface area is 159 Å². The van der Waals surface area contributed by atoms with Crippen molar-refractivity contribution in [2.75, 3.05) is 20.1 Å². The highest BCUT2D eigenvalue weighted by atomic mass is 35.5. The summed E-state index contributed by atoms with van der Waals surface area (Å²) < 4.78 is 37.5. The number of hydrogen-bond acceptors (Lipinski definition) is 3. The van der Waals surface area contributed by atoms with E-state index >= 15 is 0 Å². The highest BCUT2D eigenvalue weighted by Crippen LogP contribution is 2.29. The second-order valence-corrected chi connectivity index (χ2v) is 6.91. The number of hydrogen-bond donors (Lipinski definition) is 2. The zero-order valence-corrected chi connectivity index (χ0v) is 15.8. The maximum absolute atomic E-state index is 12.5. The second-order valence-electron chi connectivity index (χ2n) is 5.53. The van der Waals surface area contributed by atoms with E-state index in [1.54, 1.807) is 7.05 Å². The standard InChI is InChI=1S/C17H20ClF3N4S/c1-22-16(23-9-2-3-12-4-6-13(18)7-5-12)24-10-8-15-25-14(11-26-15)17(19,20)21/h4-7,11H,2-3,8-10H2,1H3,(H2,22,23,24). The zero-order chi connectivity index (χ0) is 19.0. The van der Waals surface area contributed by atoms with Crippen LogP contribution in [-0.2, 0) is 19.0 Å². The number of nitrogens with one attached hydrogen (secondary N) is 2. The van der Waals surface area contributed by atoms with Crippen LogP contribution in [0, 0.1) is 0 Å². The molecule has 1 heterocycles. The van der Waals surface area contributed by atoms with Crippen molar-refractivity contribution in [1.82, 2.24) is 15.6 Å². The lowest BCUT2D eigenvalue weighted by molar-refractivity contribution is -0.140. The third-order valence-corrected chi connectivity index (χ3v) is 4.71. The van der Waals surface area contributed by atoms with Crippen molar-refractivity contribution in [1.29, 1.82) is 0 Å². The van der Waals surface area contributed by atoms with Crippen LogP contribution in [0.25, 0.3) is 0 Å². The number of guanidine groups is 1. The number of aromatic nitrogens is 1. The molecule has 0 saturated heterocycles. The summed E-state index contributed by atoms with van der Waals surface area (Å²) in [5, 5.41) is 8.47. The summed E-state index contributed by atoms with van der Waals surface area (Å²) in [6.07, 6.45) is -2.14. The molecular formula is C17H20ClF3N4S. The third kappa shape index (κ3) is 6.84. The van der Waals surface area contributed by atoms with Crippen LogP contribution in [0.15, 0.2) is 34.6 Å². The Morgan fingerprint density at radius 2 is 1.85 bits per heavy atom. The topological polar surface area (TPSA) is 49.3 Å². The van der Waals surface area contributed by atoms with E-state index in [4.69, 9.17) is 11.6 Å². The van der Waals surface area contributed by atoms with Crippen molar-refractivity contribution < 1.29 is 13.2 Å². The lowest BCUT2D eigenvalue weighted by Crippen LogP contribution is -2.38. The first-order valence-electron chi connectivity index (χ1n) is 8.09. The summed E-state index contributed by atoms with van der Waals surface area (Å²) in [5.74, 6) is 0.619. The first-order chi connectivity index (χ1) is 12.4. The van der Waals surface area contributed by atoms with Crippen molar-refractivity contribution in [3.8, 4) is 0 Å². The van der Waals surface area contributed by atoms with E-state index in [2.05, 4.69) is 20.6 Å². The molecule has 2 aromatic rings. The molecule has 142 valence electrons. The molecule has 0 bridgehead atoms. The molecule has 0 fully saturated rings. The van der Waals surface area contributed by atoms with E-state index in [1.807, 2.05) is 24.3 Å². The summed E-state index contributed by atoms with van der Waals surface area (Å²) >= 11 is 6.87. The zero-order valence-electron chi connectivity index (χ0n) is 14.2. The van der Waals surface area contributed by atoms with Gasteiger partial charge in [0.1, 0.15) is 0 Å². The molecule has 0 spiro atoms. The number of aliphatic imine (C=N–C) groups is 1. The van der Waals surface area contributed by atoms with Gasteiger partial charge in [0.2, 0.25) is 0 Å². The Balaban J connectivity index is 1.66. The van der Waals surface area contributed by atoms with Crippen LogP contribution in [0.4, 0.5) is 13.2 Å². The number of nitrogens with zero attached hydrogens (tertiary/aromatic N) is 2. The third-order valence-electron chi connectivity index (χ3n) is 3.55. The predicted octanol–water partition coefficient (Wildman–Crippen LogP) is 4.16. The summed E-state index contributed by atoms with van der Waals surface area (Å²) in [7, 11) is 1.65. The summed E-state index contributed by atoms with van der Waals surface area (Å²) in [4.78, 5) is 7.70. The van der Waals surface area contributed by atoms with Gasteiger partial charge in [0, 0.05) is 37.0 Å². The molecule has 0 unspecified atom stereocenters. The Hall–Kier alpha value is -1.80. The summed E-state index contributed by atoms with van der Waals surface area (Å²) in [6, 6.07) is 7.73.